The summed E-state index contributed by atoms with van der Waals surface area (Å²) >= 11 is 3.12. The molecule has 0 atom stereocenters. The Morgan fingerprint density at radius 1 is 1.14 bits per heavy atom. The van der Waals surface area contributed by atoms with Crippen molar-refractivity contribution in [2.75, 3.05) is 6.61 Å². The zero-order valence-corrected chi connectivity index (χ0v) is 12.6. The van der Waals surface area contributed by atoms with Gasteiger partial charge in [0, 0.05) is 5.56 Å². The molecule has 0 fully saturated rings. The lowest BCUT2D eigenvalue weighted by Gasteiger charge is -2.08. The maximum absolute atomic E-state index is 12.9. The number of alkyl halides is 2. The largest absolute Gasteiger partial charge is 0.484 e. The van der Waals surface area contributed by atoms with Gasteiger partial charge in [0.1, 0.15) is 17.3 Å². The van der Waals surface area contributed by atoms with Crippen LogP contribution in [0.2, 0.25) is 0 Å². The van der Waals surface area contributed by atoms with Crippen molar-refractivity contribution in [3.05, 3.63) is 58.3 Å². The Balaban J connectivity index is 1.97. The Kier molecular flexibility index (Phi) is 5.43. The Morgan fingerprint density at radius 3 is 2.41 bits per heavy atom. The third-order valence-corrected chi connectivity index (χ3v) is 3.27. The molecular formula is C15H10BrF3O3. The second-order valence-corrected chi connectivity index (χ2v) is 5.04. The van der Waals surface area contributed by atoms with Crippen LogP contribution in [0.5, 0.6) is 11.5 Å². The predicted octanol–water partition coefficient (Wildman–Crippen LogP) is 4.45. The summed E-state index contributed by atoms with van der Waals surface area (Å²) < 4.78 is 46.8. The van der Waals surface area contributed by atoms with Gasteiger partial charge in [-0.1, -0.05) is 0 Å². The molecule has 3 nitrogen and oxygen atoms in total. The van der Waals surface area contributed by atoms with Crippen molar-refractivity contribution in [1.82, 2.24) is 0 Å². The van der Waals surface area contributed by atoms with E-state index >= 15 is 0 Å². The summed E-state index contributed by atoms with van der Waals surface area (Å²) in [5.41, 5.74) is 0.292. The summed E-state index contributed by atoms with van der Waals surface area (Å²) in [5, 5.41) is 0. The van der Waals surface area contributed by atoms with Crippen LogP contribution in [0, 0.1) is 5.82 Å². The highest BCUT2D eigenvalue weighted by molar-refractivity contribution is 9.10. The quantitative estimate of drug-likeness (QED) is 0.700. The van der Waals surface area contributed by atoms with Crippen molar-refractivity contribution in [2.24, 2.45) is 0 Å². The van der Waals surface area contributed by atoms with Gasteiger partial charge in [-0.15, -0.1) is 0 Å². The van der Waals surface area contributed by atoms with E-state index in [4.69, 9.17) is 4.74 Å². The Morgan fingerprint density at radius 2 is 1.82 bits per heavy atom. The number of hydrogen-bond donors (Lipinski definition) is 0. The molecule has 0 N–H and O–H groups in total. The minimum Gasteiger partial charge on any atom is -0.484 e. The lowest BCUT2D eigenvalue weighted by molar-refractivity contribution is -0.0498. The van der Waals surface area contributed by atoms with Gasteiger partial charge in [0.05, 0.1) is 4.47 Å². The van der Waals surface area contributed by atoms with Gasteiger partial charge in [-0.25, -0.2) is 4.39 Å². The number of carbonyl (C=O) groups excluding carboxylic acids is 1. The molecule has 7 heteroatoms. The molecule has 22 heavy (non-hydrogen) atoms. The zero-order chi connectivity index (χ0) is 16.1. The molecular weight excluding hydrogens is 365 g/mol. The molecule has 0 heterocycles. The first-order valence-corrected chi connectivity index (χ1v) is 6.91. The van der Waals surface area contributed by atoms with Crippen LogP contribution in [-0.2, 0) is 0 Å². The van der Waals surface area contributed by atoms with Gasteiger partial charge in [-0.3, -0.25) is 4.79 Å². The van der Waals surface area contributed by atoms with E-state index in [0.717, 1.165) is 0 Å². The number of carbonyl (C=O) groups is 1. The summed E-state index contributed by atoms with van der Waals surface area (Å²) in [5.74, 6) is -0.485. The molecule has 0 unspecified atom stereocenters. The summed E-state index contributed by atoms with van der Waals surface area (Å²) in [6.07, 6.45) is 0. The van der Waals surface area contributed by atoms with Gasteiger partial charge in [0.15, 0.2) is 12.4 Å². The number of Topliss-reactive ketones (excluding diaryl/α,β-unsaturated/α-hetero) is 1. The smallest absolute Gasteiger partial charge is 0.387 e. The first kappa shape index (κ1) is 16.4. The lowest BCUT2D eigenvalue weighted by atomic mass is 10.1. The number of rotatable bonds is 6. The first-order valence-electron chi connectivity index (χ1n) is 6.11. The molecule has 0 saturated heterocycles. The standard InChI is InChI=1S/C15H10BrF3O3/c16-12-7-10(17)3-6-14(12)21-8-13(20)9-1-4-11(5-2-9)22-15(18)19/h1-7,15H,8H2. The van der Waals surface area contributed by atoms with Gasteiger partial charge in [-0.05, 0) is 58.4 Å². The maximum Gasteiger partial charge on any atom is 0.387 e. The molecule has 2 rings (SSSR count). The topological polar surface area (TPSA) is 35.5 Å². The summed E-state index contributed by atoms with van der Waals surface area (Å²) in [4.78, 5) is 11.9. The summed E-state index contributed by atoms with van der Waals surface area (Å²) in [6, 6.07) is 9.09. The highest BCUT2D eigenvalue weighted by atomic mass is 79.9. The lowest BCUT2D eigenvalue weighted by Crippen LogP contribution is -2.12. The fourth-order valence-electron chi connectivity index (χ4n) is 1.64. The summed E-state index contributed by atoms with van der Waals surface area (Å²) in [6.45, 7) is -3.18. The first-order chi connectivity index (χ1) is 10.5. The van der Waals surface area contributed by atoms with E-state index in [2.05, 4.69) is 20.7 Å². The van der Waals surface area contributed by atoms with E-state index < -0.39 is 12.4 Å². The molecule has 0 aromatic heterocycles. The van der Waals surface area contributed by atoms with E-state index in [-0.39, 0.29) is 18.1 Å². The molecule has 0 aliphatic rings. The molecule has 0 radical (unpaired) electrons. The van der Waals surface area contributed by atoms with Crippen molar-refractivity contribution in [1.29, 1.82) is 0 Å². The van der Waals surface area contributed by atoms with E-state index in [1.165, 1.54) is 42.5 Å². The molecule has 0 saturated carbocycles. The second-order valence-electron chi connectivity index (χ2n) is 4.19. The number of ketones is 1. The molecule has 0 spiro atoms. The van der Waals surface area contributed by atoms with Crippen LogP contribution in [0.25, 0.3) is 0 Å². The van der Waals surface area contributed by atoms with Gasteiger partial charge < -0.3 is 9.47 Å². The maximum atomic E-state index is 12.9. The third kappa shape index (κ3) is 4.49. The predicted molar refractivity (Wildman–Crippen MR) is 77.0 cm³/mol. The number of halogens is 4. The number of ether oxygens (including phenoxy) is 2. The normalized spacial score (nSPS) is 10.6. The van der Waals surface area contributed by atoms with Crippen LogP contribution in [0.15, 0.2) is 46.9 Å². The highest BCUT2D eigenvalue weighted by Gasteiger charge is 2.10. The van der Waals surface area contributed by atoms with Crippen molar-refractivity contribution >= 4 is 21.7 Å². The van der Waals surface area contributed by atoms with Gasteiger partial charge >= 0.3 is 6.61 Å². The summed E-state index contributed by atoms with van der Waals surface area (Å²) in [7, 11) is 0. The van der Waals surface area contributed by atoms with Crippen LogP contribution >= 0.6 is 15.9 Å². The molecule has 0 aliphatic carbocycles. The van der Waals surface area contributed by atoms with Crippen LogP contribution in [0.3, 0.4) is 0 Å². The van der Waals surface area contributed by atoms with Gasteiger partial charge in [0.2, 0.25) is 0 Å². The van der Waals surface area contributed by atoms with Crippen LogP contribution in [0.1, 0.15) is 10.4 Å². The molecule has 0 bridgehead atoms. The average molecular weight is 375 g/mol. The highest BCUT2D eigenvalue weighted by Crippen LogP contribution is 2.25. The SMILES string of the molecule is O=C(COc1ccc(F)cc1Br)c1ccc(OC(F)F)cc1. The average Bonchev–Trinajstić information content (AvgIpc) is 2.46. The third-order valence-electron chi connectivity index (χ3n) is 2.65. The van der Waals surface area contributed by atoms with E-state index in [1.54, 1.807) is 0 Å². The Labute approximate surface area is 132 Å². The van der Waals surface area contributed by atoms with E-state index in [0.29, 0.717) is 15.8 Å². The van der Waals surface area contributed by atoms with Crippen LogP contribution < -0.4 is 9.47 Å². The molecule has 0 aliphatic heterocycles. The second kappa shape index (κ2) is 7.31. The van der Waals surface area contributed by atoms with Gasteiger partial charge in [-0.2, -0.15) is 8.78 Å². The Hall–Kier alpha value is -2.02. The Bertz CT molecular complexity index is 660. The van der Waals surface area contributed by atoms with Crippen LogP contribution in [0.4, 0.5) is 13.2 Å². The minimum atomic E-state index is -2.92. The molecule has 2 aromatic rings. The molecule has 0 amide bonds. The fourth-order valence-corrected chi connectivity index (χ4v) is 2.11. The molecule has 2 aromatic carbocycles. The van der Waals surface area contributed by atoms with Crippen molar-refractivity contribution in [2.45, 2.75) is 6.61 Å². The van der Waals surface area contributed by atoms with Crippen molar-refractivity contribution in [3.8, 4) is 11.5 Å². The number of benzene rings is 2. The van der Waals surface area contributed by atoms with E-state index in [1.807, 2.05) is 0 Å². The van der Waals surface area contributed by atoms with Crippen molar-refractivity contribution in [3.63, 3.8) is 0 Å². The fraction of sp³-hybridized carbons (Fsp3) is 0.133. The number of hydrogen-bond acceptors (Lipinski definition) is 3. The minimum absolute atomic E-state index is 0.0336. The van der Waals surface area contributed by atoms with E-state index in [9.17, 15) is 18.0 Å². The monoisotopic (exact) mass is 374 g/mol. The molecule has 116 valence electrons. The van der Waals surface area contributed by atoms with Gasteiger partial charge in [0.25, 0.3) is 0 Å². The zero-order valence-electron chi connectivity index (χ0n) is 11.1. The van der Waals surface area contributed by atoms with Crippen LogP contribution in [-0.4, -0.2) is 19.0 Å². The van der Waals surface area contributed by atoms with Crippen molar-refractivity contribution < 1.29 is 27.4 Å².